The predicted molar refractivity (Wildman–Crippen MR) is 98.1 cm³/mol. The highest BCUT2D eigenvalue weighted by Gasteiger charge is 2.31. The number of ether oxygens (including phenoxy) is 1. The third kappa shape index (κ3) is 5.30. The van der Waals surface area contributed by atoms with Crippen LogP contribution in [-0.2, 0) is 19.9 Å². The first-order valence-electron chi connectivity index (χ1n) is 9.30. The zero-order valence-electron chi connectivity index (χ0n) is 15.3. The molecule has 2 rings (SSSR count). The molecule has 1 unspecified atom stereocenters. The molecule has 5 heteroatoms. The Hall–Kier alpha value is -1.88. The molecule has 1 fully saturated rings. The average Bonchev–Trinajstić information content (AvgIpc) is 2.92. The van der Waals surface area contributed by atoms with Crippen molar-refractivity contribution in [2.45, 2.75) is 63.5 Å². The molecule has 5 nitrogen and oxygen atoms in total. The number of hydrogen-bond acceptors (Lipinski definition) is 3. The summed E-state index contributed by atoms with van der Waals surface area (Å²) in [5.74, 6) is -1.13. The fourth-order valence-corrected chi connectivity index (χ4v) is 3.49. The minimum absolute atomic E-state index is 0.119. The fraction of sp³-hybridized carbons (Fsp3) is 0.600. The molecule has 0 aliphatic heterocycles. The van der Waals surface area contributed by atoms with Crippen LogP contribution in [0.3, 0.4) is 0 Å². The second-order valence-corrected chi connectivity index (χ2v) is 6.76. The van der Waals surface area contributed by atoms with E-state index in [1.807, 2.05) is 37.3 Å². The van der Waals surface area contributed by atoms with E-state index in [0.717, 1.165) is 31.2 Å². The van der Waals surface area contributed by atoms with Gasteiger partial charge in [0.2, 0.25) is 0 Å². The van der Waals surface area contributed by atoms with E-state index in [0.29, 0.717) is 6.42 Å². The van der Waals surface area contributed by atoms with Gasteiger partial charge in [-0.3, -0.25) is 9.59 Å². The van der Waals surface area contributed by atoms with Gasteiger partial charge in [-0.15, -0.1) is 0 Å². The minimum atomic E-state index is -0.625. The number of amides is 2. The van der Waals surface area contributed by atoms with E-state index in [4.69, 9.17) is 4.74 Å². The van der Waals surface area contributed by atoms with E-state index in [1.165, 1.54) is 12.8 Å². The number of carbonyl (C=O) groups excluding carboxylic acids is 2. The summed E-state index contributed by atoms with van der Waals surface area (Å²) in [5.41, 5.74) is 0.365. The Morgan fingerprint density at radius 2 is 1.72 bits per heavy atom. The molecule has 1 aromatic rings. The largest absolute Gasteiger partial charge is 0.372 e. The van der Waals surface area contributed by atoms with Crippen LogP contribution in [0, 0.1) is 0 Å². The Balaban J connectivity index is 1.93. The summed E-state index contributed by atoms with van der Waals surface area (Å²) in [6.45, 7) is 2.27. The van der Waals surface area contributed by atoms with Gasteiger partial charge in [-0.2, -0.15) is 0 Å². The first-order valence-corrected chi connectivity index (χ1v) is 9.30. The molecule has 1 aliphatic rings. The van der Waals surface area contributed by atoms with Gasteiger partial charge in [0.05, 0.1) is 6.54 Å². The highest BCUT2D eigenvalue weighted by Crippen LogP contribution is 2.28. The first-order chi connectivity index (χ1) is 12.1. The number of carbonyl (C=O) groups is 2. The Bertz CT molecular complexity index is 547. The molecule has 0 radical (unpaired) electrons. The van der Waals surface area contributed by atoms with Gasteiger partial charge in [0, 0.05) is 13.2 Å². The van der Waals surface area contributed by atoms with Gasteiger partial charge in [0.1, 0.15) is 5.60 Å². The number of hydrogen-bond donors (Lipinski definition) is 2. The van der Waals surface area contributed by atoms with Crippen molar-refractivity contribution in [1.82, 2.24) is 10.6 Å². The third-order valence-corrected chi connectivity index (χ3v) is 5.19. The number of rotatable bonds is 6. The van der Waals surface area contributed by atoms with Crippen LogP contribution in [0.2, 0.25) is 0 Å². The molecule has 1 aromatic carbocycles. The van der Waals surface area contributed by atoms with Crippen LogP contribution >= 0.6 is 0 Å². The van der Waals surface area contributed by atoms with Crippen molar-refractivity contribution >= 4 is 11.8 Å². The summed E-state index contributed by atoms with van der Waals surface area (Å²) >= 11 is 0. The molecular weight excluding hydrogens is 316 g/mol. The zero-order chi connectivity index (χ0) is 18.1. The van der Waals surface area contributed by atoms with Crippen LogP contribution in [-0.4, -0.2) is 31.5 Å². The number of benzene rings is 1. The molecule has 138 valence electrons. The molecule has 2 N–H and O–H groups in total. The summed E-state index contributed by atoms with van der Waals surface area (Å²) in [6.07, 6.45) is 7.26. The quantitative estimate of drug-likeness (QED) is 0.615. The minimum Gasteiger partial charge on any atom is -0.372 e. The van der Waals surface area contributed by atoms with Crippen molar-refractivity contribution in [2.75, 3.05) is 13.7 Å². The van der Waals surface area contributed by atoms with Crippen molar-refractivity contribution in [3.05, 3.63) is 35.9 Å². The van der Waals surface area contributed by atoms with Gasteiger partial charge in [-0.25, -0.2) is 0 Å². The molecule has 0 saturated heterocycles. The van der Waals surface area contributed by atoms with Gasteiger partial charge in [-0.1, -0.05) is 62.9 Å². The van der Waals surface area contributed by atoms with E-state index in [1.54, 1.807) is 7.11 Å². The maximum Gasteiger partial charge on any atom is 0.309 e. The van der Waals surface area contributed by atoms with Gasteiger partial charge < -0.3 is 15.4 Å². The van der Waals surface area contributed by atoms with Crippen molar-refractivity contribution in [2.24, 2.45) is 0 Å². The SMILES string of the molecule is CCC(CNC(=O)C(=O)NC1CCCCCC1)(OC)c1ccccc1. The zero-order valence-corrected chi connectivity index (χ0v) is 15.3. The van der Waals surface area contributed by atoms with Gasteiger partial charge in [-0.05, 0) is 24.8 Å². The van der Waals surface area contributed by atoms with E-state index >= 15 is 0 Å². The molecule has 1 saturated carbocycles. The summed E-state index contributed by atoms with van der Waals surface area (Å²) < 4.78 is 5.72. The highest BCUT2D eigenvalue weighted by molar-refractivity contribution is 6.35. The van der Waals surface area contributed by atoms with Crippen LogP contribution in [0.4, 0.5) is 0 Å². The summed E-state index contributed by atoms with van der Waals surface area (Å²) in [4.78, 5) is 24.4. The van der Waals surface area contributed by atoms with E-state index in [2.05, 4.69) is 10.6 Å². The Labute approximate surface area is 150 Å². The maximum absolute atomic E-state index is 12.2. The number of nitrogens with one attached hydrogen (secondary N) is 2. The van der Waals surface area contributed by atoms with E-state index in [9.17, 15) is 9.59 Å². The van der Waals surface area contributed by atoms with Gasteiger partial charge >= 0.3 is 11.8 Å². The van der Waals surface area contributed by atoms with Crippen molar-refractivity contribution in [1.29, 1.82) is 0 Å². The van der Waals surface area contributed by atoms with Crippen LogP contribution in [0.15, 0.2) is 30.3 Å². The summed E-state index contributed by atoms with van der Waals surface area (Å²) in [7, 11) is 1.63. The lowest BCUT2D eigenvalue weighted by atomic mass is 9.90. The van der Waals surface area contributed by atoms with Crippen molar-refractivity contribution < 1.29 is 14.3 Å². The van der Waals surface area contributed by atoms with Crippen LogP contribution in [0.25, 0.3) is 0 Å². The molecule has 0 spiro atoms. The molecule has 0 heterocycles. The van der Waals surface area contributed by atoms with E-state index < -0.39 is 17.4 Å². The lowest BCUT2D eigenvalue weighted by molar-refractivity contribution is -0.140. The van der Waals surface area contributed by atoms with E-state index in [-0.39, 0.29) is 12.6 Å². The Morgan fingerprint density at radius 1 is 1.08 bits per heavy atom. The molecule has 0 aromatic heterocycles. The smallest absolute Gasteiger partial charge is 0.309 e. The average molecular weight is 346 g/mol. The second-order valence-electron chi connectivity index (χ2n) is 6.76. The van der Waals surface area contributed by atoms with Gasteiger partial charge in [0.15, 0.2) is 0 Å². The van der Waals surface area contributed by atoms with Gasteiger partial charge in [0.25, 0.3) is 0 Å². The van der Waals surface area contributed by atoms with Crippen molar-refractivity contribution in [3.63, 3.8) is 0 Å². The standard InChI is InChI=1S/C20H30N2O3/c1-3-20(25-2,16-11-7-6-8-12-16)15-21-18(23)19(24)22-17-13-9-4-5-10-14-17/h6-8,11-12,17H,3-5,9-10,13-15H2,1-2H3,(H,21,23)(H,22,24). The lowest BCUT2D eigenvalue weighted by Gasteiger charge is -2.32. The maximum atomic E-state index is 12.2. The topological polar surface area (TPSA) is 67.4 Å². The first kappa shape index (κ1) is 19.4. The molecular formula is C20H30N2O3. The van der Waals surface area contributed by atoms with Crippen LogP contribution < -0.4 is 10.6 Å². The van der Waals surface area contributed by atoms with Crippen LogP contribution in [0.1, 0.15) is 57.4 Å². The second kappa shape index (κ2) is 9.56. The summed E-state index contributed by atoms with van der Waals surface area (Å²) in [5, 5.41) is 5.63. The molecule has 0 bridgehead atoms. The predicted octanol–water partition coefficient (Wildman–Crippen LogP) is 2.89. The third-order valence-electron chi connectivity index (χ3n) is 5.19. The molecule has 2 amide bonds. The Morgan fingerprint density at radius 3 is 2.28 bits per heavy atom. The molecule has 25 heavy (non-hydrogen) atoms. The lowest BCUT2D eigenvalue weighted by Crippen LogP contribution is -2.49. The fourth-order valence-electron chi connectivity index (χ4n) is 3.49. The number of methoxy groups -OCH3 is 1. The molecule has 1 atom stereocenters. The van der Waals surface area contributed by atoms with Crippen LogP contribution in [0.5, 0.6) is 0 Å². The monoisotopic (exact) mass is 346 g/mol. The van der Waals surface area contributed by atoms with Crippen molar-refractivity contribution in [3.8, 4) is 0 Å². The summed E-state index contributed by atoms with van der Waals surface area (Å²) in [6, 6.07) is 9.90. The highest BCUT2D eigenvalue weighted by atomic mass is 16.5. The Kier molecular flexibility index (Phi) is 7.44. The molecule has 1 aliphatic carbocycles. The normalized spacial score (nSPS) is 18.0.